The van der Waals surface area contributed by atoms with Crippen LogP contribution in [0.1, 0.15) is 0 Å². The fraction of sp³-hybridized carbons (Fsp3) is 0. The van der Waals surface area contributed by atoms with Gasteiger partial charge in [-0.05, 0) is 22.5 Å². The van der Waals surface area contributed by atoms with Crippen molar-refractivity contribution >= 4 is 22.4 Å². The van der Waals surface area contributed by atoms with Gasteiger partial charge in [0.05, 0.1) is 4.21 Å². The van der Waals surface area contributed by atoms with E-state index in [-0.39, 0.29) is 29.6 Å². The molecule has 1 aromatic rings. The van der Waals surface area contributed by atoms with Crippen molar-refractivity contribution in [3.63, 3.8) is 0 Å². The SMILES string of the molecule is O=S([O-])c1cccs1.[Na+]. The third-order valence-corrected chi connectivity index (χ3v) is 2.48. The Kier molecular flexibility index (Phi) is 5.01. The van der Waals surface area contributed by atoms with Crippen molar-refractivity contribution in [2.45, 2.75) is 4.21 Å². The first-order valence-electron chi connectivity index (χ1n) is 1.93. The maximum atomic E-state index is 10.1. The number of thiophene rings is 1. The quantitative estimate of drug-likeness (QED) is 0.361. The van der Waals surface area contributed by atoms with Gasteiger partial charge in [-0.15, -0.1) is 11.3 Å². The number of hydrogen-bond acceptors (Lipinski definition) is 3. The summed E-state index contributed by atoms with van der Waals surface area (Å²) in [5.74, 6) is 0. The molecular weight excluding hydrogens is 167 g/mol. The van der Waals surface area contributed by atoms with E-state index < -0.39 is 11.1 Å². The third kappa shape index (κ3) is 2.93. The van der Waals surface area contributed by atoms with E-state index in [0.717, 1.165) is 0 Å². The molecule has 9 heavy (non-hydrogen) atoms. The summed E-state index contributed by atoms with van der Waals surface area (Å²) in [6, 6.07) is 3.27. The van der Waals surface area contributed by atoms with Gasteiger partial charge in [0.1, 0.15) is 0 Å². The van der Waals surface area contributed by atoms with E-state index in [1.807, 2.05) is 0 Å². The summed E-state index contributed by atoms with van der Waals surface area (Å²) in [5, 5.41) is 1.73. The van der Waals surface area contributed by atoms with Crippen molar-refractivity contribution in [3.8, 4) is 0 Å². The second kappa shape index (κ2) is 4.60. The molecule has 0 N–H and O–H groups in total. The zero-order valence-corrected chi connectivity index (χ0v) is 8.50. The van der Waals surface area contributed by atoms with Gasteiger partial charge in [-0.25, -0.2) is 0 Å². The predicted molar refractivity (Wildman–Crippen MR) is 31.5 cm³/mol. The Hall–Kier alpha value is 0.810. The first-order valence-corrected chi connectivity index (χ1v) is 3.89. The molecule has 0 fully saturated rings. The van der Waals surface area contributed by atoms with Crippen molar-refractivity contribution in [2.75, 3.05) is 0 Å². The molecule has 1 heterocycles. The number of rotatable bonds is 1. The molecule has 0 saturated heterocycles. The van der Waals surface area contributed by atoms with Crippen LogP contribution >= 0.6 is 11.3 Å². The molecule has 1 rings (SSSR count). The van der Waals surface area contributed by atoms with E-state index in [1.165, 1.54) is 11.3 Å². The van der Waals surface area contributed by atoms with Crippen molar-refractivity contribution in [3.05, 3.63) is 17.5 Å². The van der Waals surface area contributed by atoms with Crippen molar-refractivity contribution < 1.29 is 38.3 Å². The topological polar surface area (TPSA) is 40.1 Å². The van der Waals surface area contributed by atoms with E-state index in [1.54, 1.807) is 17.5 Å². The standard InChI is InChI=1S/C4H4O2S2.Na/c5-8(6)4-2-1-3-7-4;/h1-3H,(H,5,6);/q;+1/p-1. The Morgan fingerprint density at radius 2 is 2.33 bits per heavy atom. The molecule has 2 nitrogen and oxygen atoms in total. The smallest absolute Gasteiger partial charge is 0.768 e. The molecule has 0 aliphatic carbocycles. The summed E-state index contributed by atoms with van der Waals surface area (Å²) in [6.45, 7) is 0. The normalized spacial score (nSPS) is 12.1. The van der Waals surface area contributed by atoms with Crippen LogP contribution in [0.5, 0.6) is 0 Å². The molecule has 0 spiro atoms. The third-order valence-electron chi connectivity index (χ3n) is 0.659. The van der Waals surface area contributed by atoms with Crippen LogP contribution in [0.15, 0.2) is 21.7 Å². The van der Waals surface area contributed by atoms with Crippen LogP contribution in [0.2, 0.25) is 0 Å². The fourth-order valence-corrected chi connectivity index (χ4v) is 1.48. The molecule has 0 bridgehead atoms. The minimum Gasteiger partial charge on any atom is -0.768 e. The Morgan fingerprint density at radius 1 is 1.67 bits per heavy atom. The zero-order chi connectivity index (χ0) is 5.98. The van der Waals surface area contributed by atoms with Crippen molar-refractivity contribution in [2.24, 2.45) is 0 Å². The van der Waals surface area contributed by atoms with Crippen LogP contribution in [0.25, 0.3) is 0 Å². The second-order valence-electron chi connectivity index (χ2n) is 1.17. The van der Waals surface area contributed by atoms with Crippen LogP contribution < -0.4 is 29.6 Å². The minimum absolute atomic E-state index is 0. The molecule has 0 amide bonds. The van der Waals surface area contributed by atoms with Gasteiger partial charge in [0, 0.05) is 0 Å². The molecule has 0 radical (unpaired) electrons. The van der Waals surface area contributed by atoms with E-state index in [4.69, 9.17) is 0 Å². The molecule has 0 aromatic carbocycles. The summed E-state index contributed by atoms with van der Waals surface area (Å²) < 4.78 is 20.5. The molecule has 5 heteroatoms. The van der Waals surface area contributed by atoms with Crippen LogP contribution in [0.4, 0.5) is 0 Å². The van der Waals surface area contributed by atoms with Gasteiger partial charge in [-0.3, -0.25) is 4.21 Å². The van der Waals surface area contributed by atoms with E-state index in [2.05, 4.69) is 0 Å². The van der Waals surface area contributed by atoms with Gasteiger partial charge in [0.15, 0.2) is 0 Å². The van der Waals surface area contributed by atoms with Gasteiger partial charge < -0.3 is 4.55 Å². The Balaban J connectivity index is 0.000000640. The molecule has 1 atom stereocenters. The summed E-state index contributed by atoms with van der Waals surface area (Å²) >= 11 is -0.811. The largest absolute Gasteiger partial charge is 1.00 e. The Labute approximate surface area is 81.9 Å². The molecular formula is C4H3NaO2S2. The minimum atomic E-state index is -2.03. The Morgan fingerprint density at radius 3 is 2.56 bits per heavy atom. The van der Waals surface area contributed by atoms with Gasteiger partial charge in [-0.2, -0.15) is 0 Å². The maximum absolute atomic E-state index is 10.1. The van der Waals surface area contributed by atoms with Crippen LogP contribution in [0.3, 0.4) is 0 Å². The van der Waals surface area contributed by atoms with Crippen LogP contribution in [-0.2, 0) is 11.1 Å². The van der Waals surface area contributed by atoms with Gasteiger partial charge >= 0.3 is 29.6 Å². The Bertz CT molecular complexity index is 184. The second-order valence-corrected chi connectivity index (χ2v) is 3.28. The summed E-state index contributed by atoms with van der Waals surface area (Å²) in [7, 11) is 0. The van der Waals surface area contributed by atoms with Gasteiger partial charge in [0.2, 0.25) is 0 Å². The first kappa shape index (κ1) is 9.81. The maximum Gasteiger partial charge on any atom is 1.00 e. The predicted octanol–water partition coefficient (Wildman–Crippen LogP) is -2.01. The molecule has 0 aliphatic rings. The van der Waals surface area contributed by atoms with Gasteiger partial charge in [-0.1, -0.05) is 6.07 Å². The summed E-state index contributed by atoms with van der Waals surface area (Å²) in [5.41, 5.74) is 0. The number of hydrogen-bond donors (Lipinski definition) is 0. The first-order chi connectivity index (χ1) is 3.80. The molecule has 44 valence electrons. The van der Waals surface area contributed by atoms with Gasteiger partial charge in [0.25, 0.3) is 0 Å². The van der Waals surface area contributed by atoms with Crippen LogP contribution in [0, 0.1) is 0 Å². The molecule has 0 aliphatic heterocycles. The fourth-order valence-electron chi connectivity index (χ4n) is 0.358. The van der Waals surface area contributed by atoms with Crippen molar-refractivity contribution in [1.29, 1.82) is 0 Å². The van der Waals surface area contributed by atoms with E-state index in [9.17, 15) is 8.76 Å². The van der Waals surface area contributed by atoms with Crippen LogP contribution in [-0.4, -0.2) is 8.76 Å². The average molecular weight is 170 g/mol. The van der Waals surface area contributed by atoms with E-state index >= 15 is 0 Å². The molecule has 1 unspecified atom stereocenters. The summed E-state index contributed by atoms with van der Waals surface area (Å²) in [6.07, 6.45) is 0. The zero-order valence-electron chi connectivity index (χ0n) is 4.87. The monoisotopic (exact) mass is 170 g/mol. The molecule has 1 aromatic heterocycles. The van der Waals surface area contributed by atoms with Crippen molar-refractivity contribution in [1.82, 2.24) is 0 Å². The molecule has 0 saturated carbocycles. The summed E-state index contributed by atoms with van der Waals surface area (Å²) in [4.78, 5) is 0. The average Bonchev–Trinajstić information content (AvgIpc) is 2.12. The van der Waals surface area contributed by atoms with E-state index in [0.29, 0.717) is 4.21 Å².